The van der Waals surface area contributed by atoms with Crippen molar-refractivity contribution in [3.05, 3.63) is 42.0 Å². The van der Waals surface area contributed by atoms with Gasteiger partial charge in [-0.1, -0.05) is 18.3 Å². The molecule has 1 aromatic carbocycles. The van der Waals surface area contributed by atoms with Gasteiger partial charge < -0.3 is 15.8 Å². The molecule has 2 rings (SSSR count). The van der Waals surface area contributed by atoms with E-state index >= 15 is 0 Å². The van der Waals surface area contributed by atoms with Crippen LogP contribution in [0.15, 0.2) is 30.6 Å². The Kier molecular flexibility index (Phi) is 4.65. The summed E-state index contributed by atoms with van der Waals surface area (Å²) in [4.78, 5) is 0.0115. The predicted molar refractivity (Wildman–Crippen MR) is 79.7 cm³/mol. The third-order valence-electron chi connectivity index (χ3n) is 2.70. The van der Waals surface area contributed by atoms with Gasteiger partial charge in [-0.15, -0.1) is 0 Å². The minimum absolute atomic E-state index is 0.0115. The number of halogens is 1. The molecule has 0 amide bonds. The number of hydrogen-bond donors (Lipinski definition) is 2. The van der Waals surface area contributed by atoms with Crippen LogP contribution >= 0.6 is 12.2 Å². The molecule has 0 unspecified atom stereocenters. The first-order valence-corrected chi connectivity index (χ1v) is 6.39. The minimum Gasteiger partial charge on any atom is -0.389 e. The van der Waals surface area contributed by atoms with Gasteiger partial charge in [0.25, 0.3) is 0 Å². The van der Waals surface area contributed by atoms with E-state index in [0.29, 0.717) is 18.8 Å². The van der Waals surface area contributed by atoms with Crippen LogP contribution in [0.5, 0.6) is 0 Å². The maximum absolute atomic E-state index is 13.7. The number of nitrogens with zero attached hydrogens (tertiary/aromatic N) is 2. The third kappa shape index (κ3) is 3.31. The van der Waals surface area contributed by atoms with Gasteiger partial charge >= 0.3 is 0 Å². The van der Waals surface area contributed by atoms with E-state index in [0.717, 1.165) is 5.69 Å². The highest BCUT2D eigenvalue weighted by molar-refractivity contribution is 7.80. The van der Waals surface area contributed by atoms with Gasteiger partial charge in [-0.25, -0.2) is 4.39 Å². The molecule has 1 heterocycles. The topological polar surface area (TPSA) is 65.1 Å². The Morgan fingerprint density at radius 1 is 1.55 bits per heavy atom. The standard InChI is InChI=1S/C13H15FN4OS/c1-19-6-5-18-8-9(7-16-18)17-11-4-2-3-10(14)12(11)13(15)20/h2-4,7-8,17H,5-6H2,1H3,(H2,15,20). The number of nitrogens with one attached hydrogen (secondary N) is 1. The van der Waals surface area contributed by atoms with Crippen molar-refractivity contribution < 1.29 is 9.13 Å². The van der Waals surface area contributed by atoms with Crippen LogP contribution in [-0.2, 0) is 11.3 Å². The fourth-order valence-corrected chi connectivity index (χ4v) is 1.98. The van der Waals surface area contributed by atoms with Crippen molar-refractivity contribution in [2.24, 2.45) is 5.73 Å². The van der Waals surface area contributed by atoms with Gasteiger partial charge in [0.15, 0.2) is 0 Å². The number of ether oxygens (including phenoxy) is 1. The zero-order valence-electron chi connectivity index (χ0n) is 11.0. The monoisotopic (exact) mass is 294 g/mol. The minimum atomic E-state index is -0.450. The zero-order valence-corrected chi connectivity index (χ0v) is 11.8. The van der Waals surface area contributed by atoms with Gasteiger partial charge in [-0.2, -0.15) is 5.10 Å². The molecule has 1 aromatic heterocycles. The summed E-state index contributed by atoms with van der Waals surface area (Å²) in [6.07, 6.45) is 3.44. The lowest BCUT2D eigenvalue weighted by molar-refractivity contribution is 0.183. The summed E-state index contributed by atoms with van der Waals surface area (Å²) >= 11 is 4.88. The molecule has 0 fully saturated rings. The van der Waals surface area contributed by atoms with E-state index in [2.05, 4.69) is 10.4 Å². The number of methoxy groups -OCH3 is 1. The Morgan fingerprint density at radius 2 is 2.35 bits per heavy atom. The Bertz CT molecular complexity index is 614. The van der Waals surface area contributed by atoms with Crippen molar-refractivity contribution in [3.8, 4) is 0 Å². The second-order valence-electron chi connectivity index (χ2n) is 4.14. The molecule has 2 aromatic rings. The van der Waals surface area contributed by atoms with Crippen LogP contribution in [0, 0.1) is 5.82 Å². The average Bonchev–Trinajstić information content (AvgIpc) is 2.83. The Morgan fingerprint density at radius 3 is 3.05 bits per heavy atom. The number of benzene rings is 1. The van der Waals surface area contributed by atoms with Gasteiger partial charge in [-0.3, -0.25) is 4.68 Å². The largest absolute Gasteiger partial charge is 0.389 e. The lowest BCUT2D eigenvalue weighted by Gasteiger charge is -2.10. The van der Waals surface area contributed by atoms with Gasteiger partial charge in [0.05, 0.1) is 36.3 Å². The molecule has 5 nitrogen and oxygen atoms in total. The van der Waals surface area contributed by atoms with E-state index in [1.807, 2.05) is 0 Å². The molecule has 7 heteroatoms. The lowest BCUT2D eigenvalue weighted by Crippen LogP contribution is -2.14. The summed E-state index contributed by atoms with van der Waals surface area (Å²) in [7, 11) is 1.63. The fourth-order valence-electron chi connectivity index (χ4n) is 1.77. The molecule has 0 bridgehead atoms. The van der Waals surface area contributed by atoms with Crippen LogP contribution in [-0.4, -0.2) is 28.5 Å². The molecular weight excluding hydrogens is 279 g/mol. The van der Waals surface area contributed by atoms with Crippen molar-refractivity contribution in [1.29, 1.82) is 0 Å². The highest BCUT2D eigenvalue weighted by atomic mass is 32.1. The molecule has 0 aliphatic rings. The summed E-state index contributed by atoms with van der Waals surface area (Å²) in [6.45, 7) is 1.21. The molecule has 3 N–H and O–H groups in total. The van der Waals surface area contributed by atoms with Gasteiger partial charge in [-0.05, 0) is 12.1 Å². The third-order valence-corrected chi connectivity index (χ3v) is 2.90. The lowest BCUT2D eigenvalue weighted by atomic mass is 10.1. The van der Waals surface area contributed by atoms with Crippen molar-refractivity contribution in [2.45, 2.75) is 6.54 Å². The SMILES string of the molecule is COCCn1cc(Nc2cccc(F)c2C(N)=S)cn1. The van der Waals surface area contributed by atoms with Crippen LogP contribution in [0.4, 0.5) is 15.8 Å². The highest BCUT2D eigenvalue weighted by Gasteiger charge is 2.11. The second kappa shape index (κ2) is 6.44. The van der Waals surface area contributed by atoms with E-state index in [1.54, 1.807) is 36.3 Å². The van der Waals surface area contributed by atoms with E-state index in [9.17, 15) is 4.39 Å². The Labute approximate surface area is 121 Å². The van der Waals surface area contributed by atoms with Gasteiger partial charge in [0, 0.05) is 13.3 Å². The van der Waals surface area contributed by atoms with Crippen LogP contribution < -0.4 is 11.1 Å². The molecule has 0 saturated carbocycles. The summed E-state index contributed by atoms with van der Waals surface area (Å²) < 4.78 is 20.4. The molecule has 106 valence electrons. The first-order chi connectivity index (χ1) is 9.61. The van der Waals surface area contributed by atoms with Crippen LogP contribution in [0.2, 0.25) is 0 Å². The smallest absolute Gasteiger partial charge is 0.135 e. The van der Waals surface area contributed by atoms with Crippen molar-refractivity contribution >= 4 is 28.6 Å². The van der Waals surface area contributed by atoms with Crippen LogP contribution in [0.3, 0.4) is 0 Å². The molecule has 0 saturated heterocycles. The number of aromatic nitrogens is 2. The Balaban J connectivity index is 2.20. The number of rotatable bonds is 6. The summed E-state index contributed by atoms with van der Waals surface area (Å²) in [5.41, 5.74) is 7.00. The van der Waals surface area contributed by atoms with Gasteiger partial charge in [0.1, 0.15) is 10.8 Å². The van der Waals surface area contributed by atoms with Gasteiger partial charge in [0.2, 0.25) is 0 Å². The normalized spacial score (nSPS) is 10.5. The predicted octanol–water partition coefficient (Wildman–Crippen LogP) is 2.05. The van der Waals surface area contributed by atoms with Crippen molar-refractivity contribution in [2.75, 3.05) is 19.0 Å². The molecule has 0 spiro atoms. The fraction of sp³-hybridized carbons (Fsp3) is 0.231. The van der Waals surface area contributed by atoms with Crippen molar-refractivity contribution in [3.63, 3.8) is 0 Å². The summed E-state index contributed by atoms with van der Waals surface area (Å²) in [5, 5.41) is 7.22. The molecule has 20 heavy (non-hydrogen) atoms. The number of nitrogens with two attached hydrogens (primary N) is 1. The maximum Gasteiger partial charge on any atom is 0.135 e. The van der Waals surface area contributed by atoms with E-state index in [4.69, 9.17) is 22.7 Å². The van der Waals surface area contributed by atoms with Crippen LogP contribution in [0.25, 0.3) is 0 Å². The van der Waals surface area contributed by atoms with E-state index in [1.165, 1.54) is 6.07 Å². The second-order valence-corrected chi connectivity index (χ2v) is 4.58. The first kappa shape index (κ1) is 14.4. The van der Waals surface area contributed by atoms with E-state index in [-0.39, 0.29) is 10.6 Å². The maximum atomic E-state index is 13.7. The summed E-state index contributed by atoms with van der Waals surface area (Å²) in [6, 6.07) is 4.63. The Hall–Kier alpha value is -1.99. The molecule has 0 radical (unpaired) electrons. The highest BCUT2D eigenvalue weighted by Crippen LogP contribution is 2.23. The molecular formula is C13H15FN4OS. The summed E-state index contributed by atoms with van der Waals surface area (Å²) in [5.74, 6) is -0.450. The quantitative estimate of drug-likeness (QED) is 0.798. The van der Waals surface area contributed by atoms with E-state index < -0.39 is 5.82 Å². The average molecular weight is 294 g/mol. The molecule has 0 atom stereocenters. The number of anilines is 2. The zero-order chi connectivity index (χ0) is 14.5. The first-order valence-electron chi connectivity index (χ1n) is 5.98. The number of thiocarbonyl (C=S) groups is 1. The molecule has 0 aliphatic heterocycles. The van der Waals surface area contributed by atoms with Crippen molar-refractivity contribution in [1.82, 2.24) is 9.78 Å². The van der Waals surface area contributed by atoms with Crippen LogP contribution in [0.1, 0.15) is 5.56 Å². The number of hydrogen-bond acceptors (Lipinski definition) is 4. The molecule has 0 aliphatic carbocycles.